The lowest BCUT2D eigenvalue weighted by Crippen LogP contribution is -2.57. The van der Waals surface area contributed by atoms with Crippen LogP contribution in [0.1, 0.15) is 62.0 Å². The number of hydrogen-bond acceptors (Lipinski definition) is 7. The molecular weight excluding hydrogens is 414 g/mol. The molecule has 0 bridgehead atoms. The Morgan fingerprint density at radius 2 is 2.00 bits per heavy atom. The lowest BCUT2D eigenvalue weighted by molar-refractivity contribution is -1.13. The van der Waals surface area contributed by atoms with Gasteiger partial charge in [-0.2, -0.15) is 4.37 Å². The maximum absolute atomic E-state index is 12.6. The molecule has 2 heterocycles. The zero-order valence-electron chi connectivity index (χ0n) is 18.6. The predicted octanol–water partition coefficient (Wildman–Crippen LogP) is 4.87. The molecule has 31 heavy (non-hydrogen) atoms. The topological polar surface area (TPSA) is 70.5 Å². The monoisotopic (exact) mass is 446 g/mol. The van der Waals surface area contributed by atoms with Gasteiger partial charge in [-0.15, -0.1) is 9.02 Å². The molecule has 8 heteroatoms. The maximum atomic E-state index is 12.6. The Kier molecular flexibility index (Phi) is 8.57. The molecule has 0 spiro atoms. The van der Waals surface area contributed by atoms with Gasteiger partial charge in [-0.1, -0.05) is 50.5 Å². The molecule has 0 N–H and O–H groups in total. The number of rotatable bonds is 11. The second-order valence-corrected chi connectivity index (χ2v) is 8.26. The van der Waals surface area contributed by atoms with Crippen molar-refractivity contribution in [2.75, 3.05) is 26.8 Å². The van der Waals surface area contributed by atoms with Gasteiger partial charge in [0, 0.05) is 18.9 Å². The Balaban J connectivity index is 1.67. The van der Waals surface area contributed by atoms with Gasteiger partial charge in [-0.05, 0) is 18.6 Å². The Hall–Kier alpha value is -2.29. The number of ether oxygens (including phenoxy) is 2. The van der Waals surface area contributed by atoms with Crippen molar-refractivity contribution >= 4 is 23.3 Å². The minimum atomic E-state index is -0.480. The van der Waals surface area contributed by atoms with Crippen molar-refractivity contribution in [3.8, 4) is 5.88 Å². The quantitative estimate of drug-likeness (QED) is 0.279. The zero-order valence-corrected chi connectivity index (χ0v) is 19.4. The number of nitrogens with zero attached hydrogens (tertiary/aromatic N) is 3. The number of quaternary nitrogens is 1. The summed E-state index contributed by atoms with van der Waals surface area (Å²) in [7, 11) is 1.65. The van der Waals surface area contributed by atoms with Crippen molar-refractivity contribution in [1.82, 2.24) is 8.75 Å². The Morgan fingerprint density at radius 3 is 2.74 bits per heavy atom. The van der Waals surface area contributed by atoms with Crippen molar-refractivity contribution in [1.29, 1.82) is 0 Å². The molecule has 0 radical (unpaired) electrons. The highest BCUT2D eigenvalue weighted by atomic mass is 32.1. The molecule has 1 aromatic carbocycles. The highest BCUT2D eigenvalue weighted by Gasteiger charge is 2.42. The fourth-order valence-electron chi connectivity index (χ4n) is 3.74. The fourth-order valence-corrected chi connectivity index (χ4v) is 4.27. The molecule has 0 amide bonds. The van der Waals surface area contributed by atoms with Crippen molar-refractivity contribution < 1.29 is 23.8 Å². The molecule has 0 saturated carbocycles. The van der Waals surface area contributed by atoms with Gasteiger partial charge in [0.05, 0.1) is 31.0 Å². The van der Waals surface area contributed by atoms with Crippen LogP contribution in [0.3, 0.4) is 0 Å². The average molecular weight is 447 g/mol. The van der Waals surface area contributed by atoms with Crippen LogP contribution in [0.2, 0.25) is 0 Å². The van der Waals surface area contributed by atoms with E-state index in [4.69, 9.17) is 14.3 Å². The van der Waals surface area contributed by atoms with E-state index in [1.165, 1.54) is 12.8 Å². The van der Waals surface area contributed by atoms with Crippen LogP contribution >= 0.6 is 11.7 Å². The van der Waals surface area contributed by atoms with E-state index < -0.39 is 6.23 Å². The maximum Gasteiger partial charge on any atom is 0.342 e. The summed E-state index contributed by atoms with van der Waals surface area (Å²) >= 11 is 1.15. The zero-order chi connectivity index (χ0) is 22.1. The van der Waals surface area contributed by atoms with Gasteiger partial charge in [-0.3, -0.25) is 0 Å². The van der Waals surface area contributed by atoms with Gasteiger partial charge in [0.1, 0.15) is 18.8 Å². The normalized spacial score (nSPS) is 19.5. The molecule has 0 aliphatic carbocycles. The van der Waals surface area contributed by atoms with Crippen molar-refractivity contribution in [3.05, 3.63) is 47.7 Å². The third-order valence-corrected chi connectivity index (χ3v) is 6.16. The Bertz CT molecular complexity index is 871. The third kappa shape index (κ3) is 5.90. The van der Waals surface area contributed by atoms with E-state index >= 15 is 0 Å². The van der Waals surface area contributed by atoms with Crippen LogP contribution in [0, 0.1) is 0 Å². The van der Waals surface area contributed by atoms with Gasteiger partial charge in [0.15, 0.2) is 0 Å². The third-order valence-electron chi connectivity index (χ3n) is 5.65. The van der Waals surface area contributed by atoms with Crippen molar-refractivity contribution in [2.45, 2.75) is 52.2 Å². The van der Waals surface area contributed by atoms with E-state index in [-0.39, 0.29) is 10.6 Å². The number of hydroxylamine groups is 3. The summed E-state index contributed by atoms with van der Waals surface area (Å²) in [5, 5.41) is 0. The van der Waals surface area contributed by atoms with Crippen LogP contribution in [0.5, 0.6) is 5.88 Å². The van der Waals surface area contributed by atoms with Gasteiger partial charge in [0.2, 0.25) is 0 Å². The summed E-state index contributed by atoms with van der Waals surface area (Å²) in [4.78, 5) is 18.5. The molecule has 0 saturated heterocycles. The van der Waals surface area contributed by atoms with Crippen LogP contribution in [0.25, 0.3) is 5.57 Å². The van der Waals surface area contributed by atoms with Crippen molar-refractivity contribution in [3.63, 3.8) is 0 Å². The van der Waals surface area contributed by atoms with Crippen molar-refractivity contribution in [2.24, 2.45) is 0 Å². The largest absolute Gasteiger partial charge is 0.475 e. The standard InChI is InChI=1S/C23H32N3O4S/c1-4-5-6-10-16-29-22-21(24-31-25-22)20-14-11-15-26(17-20,28-3)18(2)30-23(27)19-12-8-7-9-13-19/h7-9,12-14,18H,4-6,10-11,15-17H2,1-3H3/q+1. The van der Waals surface area contributed by atoms with Gasteiger partial charge >= 0.3 is 5.97 Å². The summed E-state index contributed by atoms with van der Waals surface area (Å²) in [5.74, 6) is 0.225. The lowest BCUT2D eigenvalue weighted by atomic mass is 10.1. The average Bonchev–Trinajstić information content (AvgIpc) is 3.28. The summed E-state index contributed by atoms with van der Waals surface area (Å²) in [5.41, 5.74) is 2.30. The first-order chi connectivity index (χ1) is 15.1. The van der Waals surface area contributed by atoms with E-state index in [2.05, 4.69) is 21.7 Å². The smallest absolute Gasteiger partial charge is 0.342 e. The van der Waals surface area contributed by atoms with Crippen LogP contribution in [-0.4, -0.2) is 52.4 Å². The predicted molar refractivity (Wildman–Crippen MR) is 120 cm³/mol. The summed E-state index contributed by atoms with van der Waals surface area (Å²) < 4.78 is 20.7. The van der Waals surface area contributed by atoms with E-state index in [0.717, 1.165) is 42.3 Å². The second-order valence-electron chi connectivity index (χ2n) is 7.73. The molecule has 2 atom stereocenters. The fraction of sp³-hybridized carbons (Fsp3) is 0.522. The first kappa shape index (κ1) is 23.4. The minimum Gasteiger partial charge on any atom is -0.475 e. The van der Waals surface area contributed by atoms with E-state index in [9.17, 15) is 4.79 Å². The molecule has 7 nitrogen and oxygen atoms in total. The number of carbonyl (C=O) groups excluding carboxylic acids is 1. The number of carbonyl (C=O) groups is 1. The first-order valence-corrected chi connectivity index (χ1v) is 11.7. The molecule has 1 aromatic heterocycles. The number of esters is 1. The van der Waals surface area contributed by atoms with Crippen LogP contribution in [0.4, 0.5) is 0 Å². The number of benzene rings is 1. The highest BCUT2D eigenvalue weighted by Crippen LogP contribution is 2.33. The van der Waals surface area contributed by atoms with Gasteiger partial charge in [0.25, 0.3) is 12.1 Å². The SMILES string of the molecule is CCCCCCOc1nsnc1C1=CCC[N+](OC)(C(C)OC(=O)c2ccccc2)C1. The first-order valence-electron chi connectivity index (χ1n) is 10.9. The minimum absolute atomic E-state index is 0.178. The number of hydrogen-bond donors (Lipinski definition) is 0. The van der Waals surface area contributed by atoms with E-state index in [1.807, 2.05) is 25.1 Å². The summed E-state index contributed by atoms with van der Waals surface area (Å²) in [6, 6.07) is 9.01. The number of unbranched alkanes of at least 4 members (excludes halogenated alkanes) is 3. The van der Waals surface area contributed by atoms with E-state index in [1.54, 1.807) is 19.2 Å². The summed E-state index contributed by atoms with van der Waals surface area (Å²) in [6.45, 7) is 5.93. The summed E-state index contributed by atoms with van der Waals surface area (Å²) in [6.07, 6.45) is 7.02. The lowest BCUT2D eigenvalue weighted by Gasteiger charge is -2.40. The highest BCUT2D eigenvalue weighted by molar-refractivity contribution is 6.99. The molecule has 168 valence electrons. The molecular formula is C23H32N3O4S+. The molecule has 2 aromatic rings. The molecule has 1 aliphatic heterocycles. The van der Waals surface area contributed by atoms with Crippen LogP contribution in [-0.2, 0) is 9.57 Å². The molecule has 3 rings (SSSR count). The Morgan fingerprint density at radius 1 is 1.19 bits per heavy atom. The molecule has 2 unspecified atom stereocenters. The Labute approximate surface area is 188 Å². The van der Waals surface area contributed by atoms with E-state index in [0.29, 0.717) is 31.1 Å². The van der Waals surface area contributed by atoms with Crippen LogP contribution < -0.4 is 4.74 Å². The van der Waals surface area contributed by atoms with Crippen LogP contribution in [0.15, 0.2) is 36.4 Å². The van der Waals surface area contributed by atoms with Gasteiger partial charge < -0.3 is 9.47 Å². The van der Waals surface area contributed by atoms with Gasteiger partial charge in [-0.25, -0.2) is 9.63 Å². The molecule has 0 fully saturated rings. The number of aromatic nitrogens is 2. The second kappa shape index (κ2) is 11.4. The molecule has 1 aliphatic rings.